The topological polar surface area (TPSA) is 51.7 Å². The molecule has 5 nitrogen and oxygen atoms in total. The van der Waals surface area contributed by atoms with Gasteiger partial charge in [0.1, 0.15) is 5.69 Å². The van der Waals surface area contributed by atoms with Gasteiger partial charge in [-0.15, -0.1) is 0 Å². The van der Waals surface area contributed by atoms with Crippen LogP contribution in [0.5, 0.6) is 0 Å². The number of nitrogens with zero attached hydrogens (tertiary/aromatic N) is 2. The molecule has 2 atom stereocenters. The highest BCUT2D eigenvalue weighted by Gasteiger charge is 2.45. The largest absolute Gasteiger partial charge is 0.378 e. The molecule has 0 aliphatic carbocycles. The summed E-state index contributed by atoms with van der Waals surface area (Å²) < 4.78 is 12.8. The van der Waals surface area contributed by atoms with Crippen LogP contribution in [0.4, 0.5) is 0 Å². The Morgan fingerprint density at radius 2 is 1.81 bits per heavy atom. The van der Waals surface area contributed by atoms with Crippen molar-refractivity contribution in [1.82, 2.24) is 9.88 Å². The number of benzene rings is 2. The Morgan fingerprint density at radius 1 is 1.09 bits per heavy atom. The highest BCUT2D eigenvalue weighted by molar-refractivity contribution is 5.96. The van der Waals surface area contributed by atoms with E-state index in [4.69, 9.17) is 9.47 Å². The predicted molar refractivity (Wildman–Crippen MR) is 125 cm³/mol. The van der Waals surface area contributed by atoms with Gasteiger partial charge in [-0.05, 0) is 36.8 Å². The van der Waals surface area contributed by atoms with Gasteiger partial charge >= 0.3 is 0 Å². The zero-order valence-electron chi connectivity index (χ0n) is 18.6. The number of carbonyl (C=O) groups is 1. The molecule has 0 radical (unpaired) electrons. The van der Waals surface area contributed by atoms with Crippen LogP contribution >= 0.6 is 0 Å². The van der Waals surface area contributed by atoms with Gasteiger partial charge in [0.25, 0.3) is 5.91 Å². The third-order valence-electron chi connectivity index (χ3n) is 6.85. The second-order valence-corrected chi connectivity index (χ2v) is 8.93. The molecule has 3 aromatic rings. The standard InChI is InChI=1S/C27H30N2O3/c1-2-31-23-17-25(20-8-4-3-5-9-20)32-27(18-23)12-14-29(15-13-27)26(30)24-16-21-10-6-7-11-22(21)19-28-24/h3-11,16,19,23,25H,2,12-15,17-18H2,1H3. The first-order valence-corrected chi connectivity index (χ1v) is 11.6. The molecule has 2 aromatic carbocycles. The van der Waals surface area contributed by atoms with E-state index in [1.807, 2.05) is 41.3 Å². The van der Waals surface area contributed by atoms with Gasteiger partial charge in [-0.25, -0.2) is 0 Å². The van der Waals surface area contributed by atoms with E-state index in [1.165, 1.54) is 5.56 Å². The van der Waals surface area contributed by atoms with Gasteiger partial charge in [0.05, 0.1) is 17.8 Å². The summed E-state index contributed by atoms with van der Waals surface area (Å²) in [6, 6.07) is 20.3. The molecule has 0 N–H and O–H groups in total. The van der Waals surface area contributed by atoms with E-state index in [-0.39, 0.29) is 23.7 Å². The number of likely N-dealkylation sites (tertiary alicyclic amines) is 1. The van der Waals surface area contributed by atoms with Gasteiger partial charge in [0.2, 0.25) is 0 Å². The first-order chi connectivity index (χ1) is 15.7. The highest BCUT2D eigenvalue weighted by atomic mass is 16.5. The van der Waals surface area contributed by atoms with Crippen molar-refractivity contribution < 1.29 is 14.3 Å². The van der Waals surface area contributed by atoms with Crippen molar-refractivity contribution >= 4 is 16.7 Å². The summed E-state index contributed by atoms with van der Waals surface area (Å²) in [5.41, 5.74) is 1.47. The summed E-state index contributed by atoms with van der Waals surface area (Å²) in [7, 11) is 0. The Labute approximate surface area is 189 Å². The zero-order chi connectivity index (χ0) is 22.0. The Balaban J connectivity index is 1.30. The molecule has 0 bridgehead atoms. The molecule has 5 heteroatoms. The molecule has 2 saturated heterocycles. The molecule has 166 valence electrons. The van der Waals surface area contributed by atoms with Crippen molar-refractivity contribution in [2.75, 3.05) is 19.7 Å². The summed E-state index contributed by atoms with van der Waals surface area (Å²) in [6.07, 6.45) is 5.41. The Kier molecular flexibility index (Phi) is 5.94. The average molecular weight is 431 g/mol. The van der Waals surface area contributed by atoms with Crippen molar-refractivity contribution in [3.63, 3.8) is 0 Å². The summed E-state index contributed by atoms with van der Waals surface area (Å²) in [6.45, 7) is 4.11. The van der Waals surface area contributed by atoms with Crippen LogP contribution in [0.25, 0.3) is 10.8 Å². The molecule has 1 amide bonds. The molecule has 2 unspecified atom stereocenters. The monoisotopic (exact) mass is 430 g/mol. The molecule has 1 aromatic heterocycles. The third kappa shape index (κ3) is 4.27. The van der Waals surface area contributed by atoms with Crippen molar-refractivity contribution in [2.24, 2.45) is 0 Å². The van der Waals surface area contributed by atoms with Gasteiger partial charge < -0.3 is 14.4 Å². The molecule has 1 spiro atoms. The third-order valence-corrected chi connectivity index (χ3v) is 6.85. The first-order valence-electron chi connectivity index (χ1n) is 11.6. The van der Waals surface area contributed by atoms with Crippen LogP contribution in [-0.4, -0.2) is 47.2 Å². The van der Waals surface area contributed by atoms with Crippen LogP contribution in [0.1, 0.15) is 54.8 Å². The molecule has 2 aliphatic heterocycles. The second kappa shape index (κ2) is 9.00. The fraction of sp³-hybridized carbons (Fsp3) is 0.407. The smallest absolute Gasteiger partial charge is 0.272 e. The molecule has 3 heterocycles. The van der Waals surface area contributed by atoms with Crippen LogP contribution in [0.15, 0.2) is 66.9 Å². The summed E-state index contributed by atoms with van der Waals surface area (Å²) in [5.74, 6) is 0.00220. The van der Waals surface area contributed by atoms with Crippen LogP contribution in [-0.2, 0) is 9.47 Å². The van der Waals surface area contributed by atoms with Crippen LogP contribution < -0.4 is 0 Å². The quantitative estimate of drug-likeness (QED) is 0.573. The van der Waals surface area contributed by atoms with E-state index in [2.05, 4.69) is 36.2 Å². The predicted octanol–water partition coefficient (Wildman–Crippen LogP) is 5.17. The number of pyridine rings is 1. The van der Waals surface area contributed by atoms with Crippen molar-refractivity contribution in [1.29, 1.82) is 0 Å². The number of amides is 1. The molecule has 2 fully saturated rings. The van der Waals surface area contributed by atoms with Crippen molar-refractivity contribution in [3.8, 4) is 0 Å². The second-order valence-electron chi connectivity index (χ2n) is 8.93. The normalized spacial score (nSPS) is 22.8. The minimum atomic E-state index is -0.244. The Bertz CT molecular complexity index is 1080. The number of hydrogen-bond donors (Lipinski definition) is 0. The fourth-order valence-corrected chi connectivity index (χ4v) is 5.17. The maximum absolute atomic E-state index is 13.2. The molecular weight excluding hydrogens is 400 g/mol. The number of hydrogen-bond acceptors (Lipinski definition) is 4. The molecular formula is C27H30N2O3. The summed E-state index contributed by atoms with van der Waals surface area (Å²) in [5, 5.41) is 2.09. The first kappa shape index (κ1) is 21.1. The average Bonchev–Trinajstić information content (AvgIpc) is 2.84. The number of aromatic nitrogens is 1. The zero-order valence-corrected chi connectivity index (χ0v) is 18.6. The van der Waals surface area contributed by atoms with Crippen molar-refractivity contribution in [2.45, 2.75) is 50.4 Å². The van der Waals surface area contributed by atoms with E-state index in [0.717, 1.165) is 36.5 Å². The summed E-state index contributed by atoms with van der Waals surface area (Å²) in [4.78, 5) is 19.5. The minimum Gasteiger partial charge on any atom is -0.378 e. The number of piperidine rings is 1. The van der Waals surface area contributed by atoms with Crippen LogP contribution in [0.2, 0.25) is 0 Å². The van der Waals surface area contributed by atoms with E-state index in [9.17, 15) is 4.79 Å². The van der Waals surface area contributed by atoms with E-state index in [1.54, 1.807) is 6.20 Å². The lowest BCUT2D eigenvalue weighted by atomic mass is 9.80. The van der Waals surface area contributed by atoms with Gasteiger partial charge in [-0.1, -0.05) is 54.6 Å². The number of fused-ring (bicyclic) bond motifs is 1. The molecule has 5 rings (SSSR count). The molecule has 2 aliphatic rings. The maximum atomic E-state index is 13.2. The highest BCUT2D eigenvalue weighted by Crippen LogP contribution is 2.44. The summed E-state index contributed by atoms with van der Waals surface area (Å²) >= 11 is 0. The lowest BCUT2D eigenvalue weighted by Gasteiger charge is -2.48. The fourth-order valence-electron chi connectivity index (χ4n) is 5.17. The van der Waals surface area contributed by atoms with E-state index in [0.29, 0.717) is 25.4 Å². The lowest BCUT2D eigenvalue weighted by Crippen LogP contribution is -2.52. The molecule has 32 heavy (non-hydrogen) atoms. The SMILES string of the molecule is CCOC1CC(c2ccccc2)OC2(CCN(C(=O)c3cc4ccccc4cn3)CC2)C1. The minimum absolute atomic E-state index is 0.00220. The lowest BCUT2D eigenvalue weighted by molar-refractivity contribution is -0.190. The van der Waals surface area contributed by atoms with Crippen LogP contribution in [0, 0.1) is 0 Å². The number of carbonyl (C=O) groups excluding carboxylic acids is 1. The van der Waals surface area contributed by atoms with Gasteiger partial charge in [0, 0.05) is 44.1 Å². The van der Waals surface area contributed by atoms with Gasteiger partial charge in [-0.3, -0.25) is 9.78 Å². The van der Waals surface area contributed by atoms with Gasteiger partial charge in [-0.2, -0.15) is 0 Å². The van der Waals surface area contributed by atoms with Crippen LogP contribution in [0.3, 0.4) is 0 Å². The Hall–Kier alpha value is -2.76. The number of ether oxygens (including phenoxy) is 2. The van der Waals surface area contributed by atoms with E-state index >= 15 is 0 Å². The van der Waals surface area contributed by atoms with Gasteiger partial charge in [0.15, 0.2) is 0 Å². The molecule has 0 saturated carbocycles. The maximum Gasteiger partial charge on any atom is 0.272 e. The Morgan fingerprint density at radius 3 is 2.56 bits per heavy atom. The van der Waals surface area contributed by atoms with E-state index < -0.39 is 0 Å². The number of rotatable bonds is 4. The van der Waals surface area contributed by atoms with Crippen molar-refractivity contribution in [3.05, 3.63) is 78.1 Å².